The monoisotopic (exact) mass is 644 g/mol. The molecule has 0 spiro atoms. The summed E-state index contributed by atoms with van der Waals surface area (Å²) < 4.78 is 0. The summed E-state index contributed by atoms with van der Waals surface area (Å²) in [5.74, 6) is 0. The Kier molecular flexibility index (Phi) is 9.07. The van der Waals surface area contributed by atoms with Crippen LogP contribution in [0.5, 0.6) is 0 Å². The lowest BCUT2D eigenvalue weighted by Crippen LogP contribution is -2.22. The van der Waals surface area contributed by atoms with E-state index in [2.05, 4.69) is 204 Å². The van der Waals surface area contributed by atoms with Crippen molar-refractivity contribution in [2.24, 2.45) is 0 Å². The molecule has 50 heavy (non-hydrogen) atoms. The van der Waals surface area contributed by atoms with Crippen LogP contribution in [0.4, 0.5) is 11.4 Å². The summed E-state index contributed by atoms with van der Waals surface area (Å²) in [6, 6.07) is 70.4. The summed E-state index contributed by atoms with van der Waals surface area (Å²) in [6.07, 6.45) is 0. The van der Waals surface area contributed by atoms with Crippen LogP contribution in [-0.4, -0.2) is 0 Å². The Labute approximate surface area is 295 Å². The second kappa shape index (κ2) is 14.6. The van der Waals surface area contributed by atoms with Gasteiger partial charge in [-0.3, -0.25) is 0 Å². The zero-order valence-electron chi connectivity index (χ0n) is 28.2. The van der Waals surface area contributed by atoms with Crippen LogP contribution in [0.2, 0.25) is 0 Å². The van der Waals surface area contributed by atoms with Gasteiger partial charge in [0.1, 0.15) is 0 Å². The molecule has 2 heteroatoms. The lowest BCUT2D eigenvalue weighted by molar-refractivity contribution is 0.803. The number of fused-ring (bicyclic) bond motifs is 2. The molecule has 0 radical (unpaired) electrons. The van der Waals surface area contributed by atoms with Crippen molar-refractivity contribution < 1.29 is 0 Å². The van der Waals surface area contributed by atoms with Crippen molar-refractivity contribution in [1.82, 2.24) is 0 Å². The molecule has 2 nitrogen and oxygen atoms in total. The molecular formula is C48H40N2. The predicted molar refractivity (Wildman–Crippen MR) is 212 cm³/mol. The fourth-order valence-corrected chi connectivity index (χ4v) is 7.26. The van der Waals surface area contributed by atoms with Gasteiger partial charge in [0.25, 0.3) is 0 Å². The topological polar surface area (TPSA) is 6.48 Å². The van der Waals surface area contributed by atoms with Crippen molar-refractivity contribution in [3.8, 4) is 11.1 Å². The molecule has 8 rings (SSSR count). The van der Waals surface area contributed by atoms with E-state index < -0.39 is 0 Å². The van der Waals surface area contributed by atoms with E-state index in [-0.39, 0.29) is 0 Å². The van der Waals surface area contributed by atoms with Gasteiger partial charge < -0.3 is 9.80 Å². The number of benzene rings is 8. The predicted octanol–water partition coefficient (Wildman–Crippen LogP) is 12.1. The molecule has 0 aromatic heterocycles. The molecule has 0 saturated heterocycles. The van der Waals surface area contributed by atoms with Gasteiger partial charge in [0, 0.05) is 48.3 Å². The third-order valence-electron chi connectivity index (χ3n) is 9.64. The molecule has 0 bridgehead atoms. The number of hydrogen-bond donors (Lipinski definition) is 0. The highest BCUT2D eigenvalue weighted by atomic mass is 15.1. The second-order valence-electron chi connectivity index (χ2n) is 13.0. The summed E-state index contributed by atoms with van der Waals surface area (Å²) in [4.78, 5) is 5.03. The van der Waals surface area contributed by atoms with Crippen molar-refractivity contribution in [2.75, 3.05) is 9.80 Å². The first-order valence-electron chi connectivity index (χ1n) is 17.5. The lowest BCUT2D eigenvalue weighted by Gasteiger charge is -2.28. The molecule has 0 amide bonds. The molecule has 0 saturated carbocycles. The quantitative estimate of drug-likeness (QED) is 0.138. The maximum Gasteiger partial charge on any atom is 0.0452 e. The largest absolute Gasteiger partial charge is 0.362 e. The highest BCUT2D eigenvalue weighted by molar-refractivity contribution is 6.11. The van der Waals surface area contributed by atoms with Gasteiger partial charge in [-0.1, -0.05) is 182 Å². The minimum absolute atomic E-state index is 0.829. The molecule has 8 aromatic rings. The third kappa shape index (κ3) is 6.74. The number of hydrogen-bond acceptors (Lipinski definition) is 2. The van der Waals surface area contributed by atoms with Crippen molar-refractivity contribution in [2.45, 2.75) is 26.2 Å². The zero-order valence-corrected chi connectivity index (χ0v) is 28.2. The number of rotatable bonds is 11. The van der Waals surface area contributed by atoms with Crippen molar-refractivity contribution in [3.63, 3.8) is 0 Å². The summed E-state index contributed by atoms with van der Waals surface area (Å²) in [5.41, 5.74) is 10.2. The highest BCUT2D eigenvalue weighted by Crippen LogP contribution is 2.41. The van der Waals surface area contributed by atoms with E-state index in [1.165, 1.54) is 66.3 Å². The Morgan fingerprint density at radius 3 is 0.800 bits per heavy atom. The maximum absolute atomic E-state index is 2.52. The van der Waals surface area contributed by atoms with Crippen molar-refractivity contribution in [3.05, 3.63) is 216 Å². The van der Waals surface area contributed by atoms with E-state index in [0.29, 0.717) is 0 Å². The lowest BCUT2D eigenvalue weighted by atomic mass is 9.92. The fourth-order valence-electron chi connectivity index (χ4n) is 7.26. The van der Waals surface area contributed by atoms with Crippen LogP contribution in [0.3, 0.4) is 0 Å². The van der Waals surface area contributed by atoms with E-state index in [4.69, 9.17) is 0 Å². The van der Waals surface area contributed by atoms with Gasteiger partial charge in [0.2, 0.25) is 0 Å². The molecule has 0 aliphatic carbocycles. The number of nitrogens with zero attached hydrogens (tertiary/aromatic N) is 2. The average Bonchev–Trinajstić information content (AvgIpc) is 3.18. The van der Waals surface area contributed by atoms with Crippen LogP contribution in [0, 0.1) is 0 Å². The Balaban J connectivity index is 1.23. The first-order chi connectivity index (χ1) is 24.8. The van der Waals surface area contributed by atoms with E-state index in [9.17, 15) is 0 Å². The molecule has 0 unspecified atom stereocenters. The summed E-state index contributed by atoms with van der Waals surface area (Å²) in [7, 11) is 0. The maximum atomic E-state index is 2.52. The minimum atomic E-state index is 0.829. The molecule has 8 aromatic carbocycles. The van der Waals surface area contributed by atoms with Gasteiger partial charge >= 0.3 is 0 Å². The first kappa shape index (κ1) is 31.2. The molecule has 0 N–H and O–H groups in total. The fraction of sp³-hybridized carbons (Fsp3) is 0.0833. The van der Waals surface area contributed by atoms with E-state index in [1.807, 2.05) is 0 Å². The van der Waals surface area contributed by atoms with Gasteiger partial charge in [0.05, 0.1) is 0 Å². The Morgan fingerprint density at radius 1 is 0.240 bits per heavy atom. The smallest absolute Gasteiger partial charge is 0.0452 e. The molecule has 0 heterocycles. The van der Waals surface area contributed by atoms with Crippen LogP contribution in [-0.2, 0) is 26.2 Å². The normalized spacial score (nSPS) is 11.1. The highest BCUT2D eigenvalue weighted by Gasteiger charge is 2.18. The number of anilines is 2. The van der Waals surface area contributed by atoms with E-state index >= 15 is 0 Å². The van der Waals surface area contributed by atoms with Crippen LogP contribution >= 0.6 is 0 Å². The molecule has 0 aliphatic rings. The van der Waals surface area contributed by atoms with Gasteiger partial charge in [-0.25, -0.2) is 0 Å². The van der Waals surface area contributed by atoms with Gasteiger partial charge in [-0.15, -0.1) is 0 Å². The minimum Gasteiger partial charge on any atom is -0.362 e. The first-order valence-corrected chi connectivity index (χ1v) is 17.5. The van der Waals surface area contributed by atoms with E-state index in [0.717, 1.165) is 26.2 Å². The van der Waals surface area contributed by atoms with Crippen LogP contribution in [0.15, 0.2) is 194 Å². The van der Waals surface area contributed by atoms with Crippen LogP contribution < -0.4 is 9.80 Å². The van der Waals surface area contributed by atoms with Gasteiger partial charge in [-0.2, -0.15) is 0 Å². The SMILES string of the molecule is c1ccc(CN(Cc2ccccc2)c2ccc(-c3ccc(N(Cc4ccccc4)Cc4ccccc4)c4ccccc34)c3ccccc23)cc1. The van der Waals surface area contributed by atoms with Crippen LogP contribution in [0.25, 0.3) is 32.7 Å². The van der Waals surface area contributed by atoms with Gasteiger partial charge in [0.15, 0.2) is 0 Å². The standard InChI is InChI=1S/C48H40N2/c1-5-17-37(18-6-1)33-49(34-38-19-7-2-8-20-38)47-31-29-43(41-25-13-15-27-45(41)47)44-30-32-48(46-28-16-14-26-42(44)46)50(35-39-21-9-3-10-22-39)36-40-23-11-4-12-24-40/h1-32H,33-36H2. The Morgan fingerprint density at radius 2 is 0.500 bits per heavy atom. The molecule has 242 valence electrons. The molecule has 0 fully saturated rings. The zero-order chi connectivity index (χ0) is 33.5. The average molecular weight is 645 g/mol. The summed E-state index contributed by atoms with van der Waals surface area (Å²) >= 11 is 0. The molecule has 0 atom stereocenters. The molecule has 0 aliphatic heterocycles. The van der Waals surface area contributed by atoms with Crippen LogP contribution in [0.1, 0.15) is 22.3 Å². The van der Waals surface area contributed by atoms with E-state index in [1.54, 1.807) is 0 Å². The third-order valence-corrected chi connectivity index (χ3v) is 9.64. The van der Waals surface area contributed by atoms with Gasteiger partial charge in [-0.05, 0) is 56.3 Å². The van der Waals surface area contributed by atoms with Crippen molar-refractivity contribution >= 4 is 32.9 Å². The Hall–Kier alpha value is -6.12. The summed E-state index contributed by atoms with van der Waals surface area (Å²) in [5, 5.41) is 5.05. The second-order valence-corrected chi connectivity index (χ2v) is 13.0. The summed E-state index contributed by atoms with van der Waals surface area (Å²) in [6.45, 7) is 3.31. The molecular weight excluding hydrogens is 605 g/mol. The Bertz CT molecular complexity index is 2070. The van der Waals surface area contributed by atoms with Crippen molar-refractivity contribution in [1.29, 1.82) is 0 Å².